The number of anilines is 1. The van der Waals surface area contributed by atoms with Gasteiger partial charge in [0.15, 0.2) is 5.16 Å². The number of methoxy groups -OCH3 is 1. The Morgan fingerprint density at radius 2 is 2.05 bits per heavy atom. The lowest BCUT2D eigenvalue weighted by molar-refractivity contribution is 0.0641. The molecule has 1 N–H and O–H groups in total. The predicted molar refractivity (Wildman–Crippen MR) is 80.8 cm³/mol. The van der Waals surface area contributed by atoms with E-state index >= 15 is 0 Å². The van der Waals surface area contributed by atoms with Crippen LogP contribution < -0.4 is 10.1 Å². The Balaban J connectivity index is 2.33. The standard InChI is InChI=1S/C13H23N3O3S/c1-4-14-11-10-12(16-13(15-11)20-3)19-7-5-6-18-9-8-17-2/h10H,4-9H2,1-3H3,(H,14,15,16). The van der Waals surface area contributed by atoms with E-state index in [4.69, 9.17) is 14.2 Å². The maximum Gasteiger partial charge on any atom is 0.219 e. The number of thioether (sulfide) groups is 1. The molecule has 0 radical (unpaired) electrons. The molecule has 0 atom stereocenters. The van der Waals surface area contributed by atoms with Crippen molar-refractivity contribution >= 4 is 17.6 Å². The van der Waals surface area contributed by atoms with Gasteiger partial charge in [-0.1, -0.05) is 11.8 Å². The summed E-state index contributed by atoms with van der Waals surface area (Å²) in [6, 6.07) is 1.81. The smallest absolute Gasteiger partial charge is 0.219 e. The van der Waals surface area contributed by atoms with Crippen LogP contribution in [0.3, 0.4) is 0 Å². The Hall–Kier alpha value is -1.05. The molecule has 7 heteroatoms. The molecule has 0 saturated heterocycles. The Morgan fingerprint density at radius 1 is 1.20 bits per heavy atom. The Kier molecular flexibility index (Phi) is 9.10. The van der Waals surface area contributed by atoms with Crippen molar-refractivity contribution in [1.29, 1.82) is 0 Å². The van der Waals surface area contributed by atoms with Crippen molar-refractivity contribution < 1.29 is 14.2 Å². The van der Waals surface area contributed by atoms with Crippen molar-refractivity contribution in [2.45, 2.75) is 18.5 Å². The van der Waals surface area contributed by atoms with Crippen LogP contribution in [0.1, 0.15) is 13.3 Å². The summed E-state index contributed by atoms with van der Waals surface area (Å²) in [6.07, 6.45) is 2.76. The van der Waals surface area contributed by atoms with Gasteiger partial charge in [0.05, 0.1) is 19.8 Å². The molecule has 1 rings (SSSR count). The minimum absolute atomic E-state index is 0.573. The number of rotatable bonds is 11. The normalized spacial score (nSPS) is 10.6. The molecular formula is C13H23N3O3S. The first-order valence-electron chi connectivity index (χ1n) is 6.66. The van der Waals surface area contributed by atoms with E-state index in [9.17, 15) is 0 Å². The second-order valence-corrected chi connectivity index (χ2v) is 4.69. The molecule has 1 aromatic heterocycles. The fraction of sp³-hybridized carbons (Fsp3) is 0.692. The molecule has 0 bridgehead atoms. The van der Waals surface area contributed by atoms with Crippen LogP contribution in [0.5, 0.6) is 5.88 Å². The highest BCUT2D eigenvalue weighted by Gasteiger charge is 2.04. The number of nitrogens with one attached hydrogen (secondary N) is 1. The summed E-state index contributed by atoms with van der Waals surface area (Å²) >= 11 is 1.49. The molecule has 0 aliphatic heterocycles. The topological polar surface area (TPSA) is 65.5 Å². The van der Waals surface area contributed by atoms with E-state index in [1.165, 1.54) is 11.8 Å². The largest absolute Gasteiger partial charge is 0.477 e. The number of aromatic nitrogens is 2. The summed E-state index contributed by atoms with van der Waals surface area (Å²) in [5.74, 6) is 1.38. The van der Waals surface area contributed by atoms with E-state index in [1.54, 1.807) is 7.11 Å². The monoisotopic (exact) mass is 301 g/mol. The summed E-state index contributed by atoms with van der Waals surface area (Å²) < 4.78 is 15.9. The first kappa shape index (κ1) is 17.0. The van der Waals surface area contributed by atoms with Gasteiger partial charge >= 0.3 is 0 Å². The third-order valence-electron chi connectivity index (χ3n) is 2.34. The summed E-state index contributed by atoms with van der Waals surface area (Å²) in [7, 11) is 1.66. The molecule has 0 unspecified atom stereocenters. The molecule has 0 aliphatic carbocycles. The maximum absolute atomic E-state index is 5.63. The van der Waals surface area contributed by atoms with Crippen molar-refractivity contribution in [3.63, 3.8) is 0 Å². The zero-order valence-corrected chi connectivity index (χ0v) is 13.2. The van der Waals surface area contributed by atoms with Gasteiger partial charge in [-0.05, 0) is 13.2 Å². The van der Waals surface area contributed by atoms with Crippen LogP contribution in [-0.2, 0) is 9.47 Å². The van der Waals surface area contributed by atoms with Crippen LogP contribution in [0, 0.1) is 0 Å². The highest BCUT2D eigenvalue weighted by Crippen LogP contribution is 2.18. The van der Waals surface area contributed by atoms with Crippen LogP contribution in [0.15, 0.2) is 11.2 Å². The molecule has 0 amide bonds. The van der Waals surface area contributed by atoms with Crippen LogP contribution >= 0.6 is 11.8 Å². The van der Waals surface area contributed by atoms with Gasteiger partial charge < -0.3 is 19.5 Å². The molecule has 0 spiro atoms. The molecule has 1 aromatic rings. The van der Waals surface area contributed by atoms with Crippen molar-refractivity contribution in [2.75, 3.05) is 51.7 Å². The summed E-state index contributed by atoms with van der Waals surface area (Å²) in [6.45, 7) is 5.31. The summed E-state index contributed by atoms with van der Waals surface area (Å²) in [5.41, 5.74) is 0. The molecule has 0 fully saturated rings. The third kappa shape index (κ3) is 6.93. The summed E-state index contributed by atoms with van der Waals surface area (Å²) in [5, 5.41) is 3.87. The molecule has 1 heterocycles. The maximum atomic E-state index is 5.63. The van der Waals surface area contributed by atoms with Gasteiger partial charge in [-0.3, -0.25) is 0 Å². The minimum atomic E-state index is 0.573. The number of hydrogen-bond acceptors (Lipinski definition) is 7. The van der Waals surface area contributed by atoms with Gasteiger partial charge in [0.1, 0.15) is 5.82 Å². The van der Waals surface area contributed by atoms with Crippen molar-refractivity contribution in [1.82, 2.24) is 9.97 Å². The first-order valence-corrected chi connectivity index (χ1v) is 7.89. The van der Waals surface area contributed by atoms with Gasteiger partial charge in [-0.15, -0.1) is 0 Å². The zero-order chi connectivity index (χ0) is 14.6. The lowest BCUT2D eigenvalue weighted by Crippen LogP contribution is -2.08. The molecule has 0 saturated carbocycles. The number of nitrogens with zero attached hydrogens (tertiary/aromatic N) is 2. The molecule has 6 nitrogen and oxygen atoms in total. The van der Waals surface area contributed by atoms with Crippen molar-refractivity contribution in [3.8, 4) is 5.88 Å². The fourth-order valence-electron chi connectivity index (χ4n) is 1.42. The van der Waals surface area contributed by atoms with Crippen molar-refractivity contribution in [2.24, 2.45) is 0 Å². The predicted octanol–water partition coefficient (Wildman–Crippen LogP) is 2.06. The average molecular weight is 301 g/mol. The highest BCUT2D eigenvalue weighted by molar-refractivity contribution is 7.98. The van der Waals surface area contributed by atoms with E-state index in [2.05, 4.69) is 15.3 Å². The van der Waals surface area contributed by atoms with E-state index in [0.717, 1.165) is 18.8 Å². The lowest BCUT2D eigenvalue weighted by Gasteiger charge is -2.09. The second-order valence-electron chi connectivity index (χ2n) is 3.92. The number of hydrogen-bond donors (Lipinski definition) is 1. The van der Waals surface area contributed by atoms with Crippen LogP contribution in [-0.4, -0.2) is 56.3 Å². The van der Waals surface area contributed by atoms with Crippen LogP contribution in [0.2, 0.25) is 0 Å². The van der Waals surface area contributed by atoms with E-state index in [0.29, 0.717) is 37.5 Å². The quantitative estimate of drug-likeness (QED) is 0.381. The van der Waals surface area contributed by atoms with Gasteiger partial charge in [0.25, 0.3) is 0 Å². The van der Waals surface area contributed by atoms with E-state index in [1.807, 2.05) is 19.2 Å². The van der Waals surface area contributed by atoms with Crippen LogP contribution in [0.4, 0.5) is 5.82 Å². The van der Waals surface area contributed by atoms with Gasteiger partial charge in [0, 0.05) is 32.7 Å². The van der Waals surface area contributed by atoms with Gasteiger partial charge in [-0.2, -0.15) is 4.98 Å². The Morgan fingerprint density at radius 3 is 2.75 bits per heavy atom. The van der Waals surface area contributed by atoms with Crippen molar-refractivity contribution in [3.05, 3.63) is 6.07 Å². The second kappa shape index (κ2) is 10.7. The highest BCUT2D eigenvalue weighted by atomic mass is 32.2. The Bertz CT molecular complexity index is 380. The van der Waals surface area contributed by atoms with Crippen LogP contribution in [0.25, 0.3) is 0 Å². The zero-order valence-electron chi connectivity index (χ0n) is 12.3. The Labute approximate surface area is 124 Å². The lowest BCUT2D eigenvalue weighted by atomic mass is 10.5. The van der Waals surface area contributed by atoms with Gasteiger partial charge in [-0.25, -0.2) is 4.98 Å². The molecule has 114 valence electrons. The first-order chi connectivity index (χ1) is 9.80. The summed E-state index contributed by atoms with van der Waals surface area (Å²) in [4.78, 5) is 8.65. The number of ether oxygens (including phenoxy) is 3. The van der Waals surface area contributed by atoms with E-state index < -0.39 is 0 Å². The average Bonchev–Trinajstić information content (AvgIpc) is 2.46. The van der Waals surface area contributed by atoms with Gasteiger partial charge in [0.2, 0.25) is 5.88 Å². The minimum Gasteiger partial charge on any atom is -0.477 e. The fourth-order valence-corrected chi connectivity index (χ4v) is 1.79. The molecule has 0 aromatic carbocycles. The van der Waals surface area contributed by atoms with E-state index in [-0.39, 0.29) is 0 Å². The molecular weight excluding hydrogens is 278 g/mol. The third-order valence-corrected chi connectivity index (χ3v) is 2.89. The SMILES string of the molecule is CCNc1cc(OCCCOCCOC)nc(SC)n1. The molecule has 0 aliphatic rings. The molecule has 20 heavy (non-hydrogen) atoms.